The van der Waals surface area contributed by atoms with Gasteiger partial charge in [-0.25, -0.2) is 0 Å². The molecule has 0 bridgehead atoms. The van der Waals surface area contributed by atoms with Crippen molar-refractivity contribution in [3.05, 3.63) is 63.0 Å². The monoisotopic (exact) mass is 473 g/mol. The van der Waals surface area contributed by atoms with E-state index in [2.05, 4.69) is 10.5 Å². The molecular formula is C21H20ClN5O6. The van der Waals surface area contributed by atoms with Gasteiger partial charge in [0.15, 0.2) is 11.4 Å². The Kier molecular flexibility index (Phi) is 6.07. The van der Waals surface area contributed by atoms with Crippen molar-refractivity contribution in [2.24, 2.45) is 0 Å². The maximum absolute atomic E-state index is 12.8. The number of aromatic hydroxyl groups is 1. The number of pyridine rings is 1. The fraction of sp³-hybridized carbons (Fsp3) is 0.238. The predicted octanol–water partition coefficient (Wildman–Crippen LogP) is 1.74. The van der Waals surface area contributed by atoms with Crippen LogP contribution in [0, 0.1) is 0 Å². The van der Waals surface area contributed by atoms with Crippen LogP contribution < -0.4 is 15.8 Å². The summed E-state index contributed by atoms with van der Waals surface area (Å²) in [4.78, 5) is 39.7. The summed E-state index contributed by atoms with van der Waals surface area (Å²) < 4.78 is 11.4. The number of hydrogen-bond donors (Lipinski definition) is 2. The number of amides is 2. The topological polar surface area (TPSA) is 130 Å². The van der Waals surface area contributed by atoms with Gasteiger partial charge in [0, 0.05) is 43.6 Å². The zero-order chi connectivity index (χ0) is 23.7. The van der Waals surface area contributed by atoms with E-state index in [0.29, 0.717) is 22.9 Å². The number of carbonyl (C=O) groups excluding carboxylic acids is 2. The van der Waals surface area contributed by atoms with Gasteiger partial charge in [-0.2, -0.15) is 0 Å². The second kappa shape index (κ2) is 8.96. The predicted molar refractivity (Wildman–Crippen MR) is 119 cm³/mol. The van der Waals surface area contributed by atoms with Crippen LogP contribution in [-0.2, 0) is 4.74 Å². The van der Waals surface area contributed by atoms with Gasteiger partial charge >= 0.3 is 0 Å². The molecule has 0 atom stereocenters. The van der Waals surface area contributed by atoms with E-state index < -0.39 is 23.0 Å². The van der Waals surface area contributed by atoms with E-state index in [1.54, 1.807) is 36.3 Å². The molecule has 0 radical (unpaired) electrons. The molecule has 0 saturated heterocycles. The summed E-state index contributed by atoms with van der Waals surface area (Å²) in [6.45, 7) is 0.738. The first-order chi connectivity index (χ1) is 15.8. The average molecular weight is 474 g/mol. The zero-order valence-electron chi connectivity index (χ0n) is 17.7. The molecule has 0 saturated carbocycles. The molecule has 1 aliphatic heterocycles. The first-order valence-corrected chi connectivity index (χ1v) is 10.2. The molecule has 3 heterocycles. The Morgan fingerprint density at radius 2 is 2.03 bits per heavy atom. The number of nitrogens with zero attached hydrogens (tertiary/aromatic N) is 4. The van der Waals surface area contributed by atoms with Crippen molar-refractivity contribution in [3.63, 3.8) is 0 Å². The van der Waals surface area contributed by atoms with Crippen LogP contribution in [0.15, 0.2) is 45.8 Å². The van der Waals surface area contributed by atoms with Crippen LogP contribution in [0.2, 0.25) is 5.02 Å². The molecular weight excluding hydrogens is 454 g/mol. The van der Waals surface area contributed by atoms with Gasteiger partial charge in [-0.15, -0.1) is 0 Å². The molecule has 0 fully saturated rings. The van der Waals surface area contributed by atoms with E-state index in [4.69, 9.17) is 20.9 Å². The summed E-state index contributed by atoms with van der Waals surface area (Å²) in [5.41, 5.74) is -0.412. The fourth-order valence-corrected chi connectivity index (χ4v) is 3.52. The first kappa shape index (κ1) is 22.4. The van der Waals surface area contributed by atoms with Gasteiger partial charge in [-0.1, -0.05) is 28.9 Å². The van der Waals surface area contributed by atoms with Crippen LogP contribution in [0.3, 0.4) is 0 Å². The Bertz CT molecular complexity index is 1270. The van der Waals surface area contributed by atoms with Crippen molar-refractivity contribution < 1.29 is 24.0 Å². The lowest BCUT2D eigenvalue weighted by Crippen LogP contribution is -2.53. The van der Waals surface area contributed by atoms with E-state index in [0.717, 1.165) is 0 Å². The Morgan fingerprint density at radius 3 is 2.73 bits per heavy atom. The molecule has 12 heteroatoms. The summed E-state index contributed by atoms with van der Waals surface area (Å²) in [6.07, 6.45) is 1.20. The number of nitrogens with one attached hydrogen (secondary N) is 1. The highest BCUT2D eigenvalue weighted by molar-refractivity contribution is 6.30. The highest BCUT2D eigenvalue weighted by atomic mass is 35.5. The lowest BCUT2D eigenvalue weighted by atomic mass is 10.1. The normalized spacial score (nSPS) is 13.2. The SMILES string of the molecule is COCCN1CN(C)n2cc(C(=O)Nc3cc(-c4ccc(Cl)cc4)no3)c(=O)c(O)c2C1=O. The molecule has 3 aromatic rings. The van der Waals surface area contributed by atoms with E-state index in [1.165, 1.54) is 28.9 Å². The van der Waals surface area contributed by atoms with E-state index in [9.17, 15) is 19.5 Å². The van der Waals surface area contributed by atoms with Crippen molar-refractivity contribution in [2.75, 3.05) is 44.3 Å². The van der Waals surface area contributed by atoms with Gasteiger partial charge in [0.25, 0.3) is 11.8 Å². The van der Waals surface area contributed by atoms with Gasteiger partial charge in [0.05, 0.1) is 6.61 Å². The van der Waals surface area contributed by atoms with Gasteiger partial charge in [-0.05, 0) is 12.1 Å². The van der Waals surface area contributed by atoms with Crippen LogP contribution in [0.1, 0.15) is 20.8 Å². The lowest BCUT2D eigenvalue weighted by molar-refractivity contribution is 0.0629. The van der Waals surface area contributed by atoms with Crippen LogP contribution in [-0.4, -0.2) is 65.6 Å². The molecule has 33 heavy (non-hydrogen) atoms. The second-order valence-corrected chi connectivity index (χ2v) is 7.75. The number of methoxy groups -OCH3 is 1. The standard InChI is InChI=1S/C21H20ClN5O6/c1-25-11-26(7-8-32-2)21(31)17-19(29)18(28)14(10-27(17)25)20(30)23-16-9-15(24-33-16)12-3-5-13(22)6-4-12/h3-6,9-10,29H,7-8,11H2,1-2H3,(H,23,30). The van der Waals surface area contributed by atoms with Gasteiger partial charge in [0.2, 0.25) is 11.3 Å². The third-order valence-electron chi connectivity index (χ3n) is 5.09. The summed E-state index contributed by atoms with van der Waals surface area (Å²) in [5, 5.41) is 19.0. The van der Waals surface area contributed by atoms with Crippen molar-refractivity contribution >= 4 is 29.3 Å². The number of halogens is 1. The quantitative estimate of drug-likeness (QED) is 0.553. The highest BCUT2D eigenvalue weighted by Gasteiger charge is 2.33. The van der Waals surface area contributed by atoms with Crippen molar-refractivity contribution in [1.82, 2.24) is 14.7 Å². The summed E-state index contributed by atoms with van der Waals surface area (Å²) in [7, 11) is 3.15. The molecule has 172 valence electrons. The fourth-order valence-electron chi connectivity index (χ4n) is 3.39. The third kappa shape index (κ3) is 4.28. The van der Waals surface area contributed by atoms with Gasteiger partial charge in [-0.3, -0.25) is 29.4 Å². The van der Waals surface area contributed by atoms with E-state index in [-0.39, 0.29) is 30.4 Å². The third-order valence-corrected chi connectivity index (χ3v) is 5.35. The number of aromatic nitrogens is 2. The number of benzene rings is 1. The molecule has 1 aromatic carbocycles. The first-order valence-electron chi connectivity index (χ1n) is 9.82. The molecule has 0 unspecified atom stereocenters. The van der Waals surface area contributed by atoms with Crippen LogP contribution in [0.25, 0.3) is 11.3 Å². The summed E-state index contributed by atoms with van der Waals surface area (Å²) >= 11 is 5.88. The molecule has 2 N–H and O–H groups in total. The Morgan fingerprint density at radius 1 is 1.30 bits per heavy atom. The maximum Gasteiger partial charge on any atom is 0.277 e. The zero-order valence-corrected chi connectivity index (χ0v) is 18.5. The number of rotatable bonds is 6. The average Bonchev–Trinajstić information content (AvgIpc) is 3.25. The van der Waals surface area contributed by atoms with Crippen molar-refractivity contribution in [1.29, 1.82) is 0 Å². The number of hydrogen-bond acceptors (Lipinski definition) is 8. The minimum absolute atomic E-state index is 0.00160. The van der Waals surface area contributed by atoms with Crippen LogP contribution >= 0.6 is 11.6 Å². The Balaban J connectivity index is 1.60. The number of fused-ring (bicyclic) bond motifs is 1. The summed E-state index contributed by atoms with van der Waals surface area (Å²) in [5.74, 6) is -2.19. The smallest absolute Gasteiger partial charge is 0.277 e. The molecule has 4 rings (SSSR count). The minimum Gasteiger partial charge on any atom is -0.502 e. The Labute approximate surface area is 192 Å². The Hall–Kier alpha value is -3.83. The number of carbonyl (C=O) groups is 2. The van der Waals surface area contributed by atoms with E-state index >= 15 is 0 Å². The number of anilines is 1. The molecule has 2 amide bonds. The van der Waals surface area contributed by atoms with E-state index in [1.807, 2.05) is 0 Å². The maximum atomic E-state index is 12.8. The lowest BCUT2D eigenvalue weighted by Gasteiger charge is -2.37. The molecule has 0 aliphatic carbocycles. The van der Waals surface area contributed by atoms with Crippen molar-refractivity contribution in [3.8, 4) is 17.0 Å². The summed E-state index contributed by atoms with van der Waals surface area (Å²) in [6, 6.07) is 8.34. The molecule has 0 spiro atoms. The molecule has 1 aliphatic rings. The largest absolute Gasteiger partial charge is 0.502 e. The number of ether oxygens (including phenoxy) is 1. The highest BCUT2D eigenvalue weighted by Crippen LogP contribution is 2.24. The minimum atomic E-state index is -0.980. The van der Waals surface area contributed by atoms with Gasteiger partial charge in [0.1, 0.15) is 17.9 Å². The molecule has 11 nitrogen and oxygen atoms in total. The second-order valence-electron chi connectivity index (χ2n) is 7.31. The van der Waals surface area contributed by atoms with Gasteiger partial charge < -0.3 is 19.3 Å². The molecule has 2 aromatic heterocycles. The van der Waals surface area contributed by atoms with Crippen LogP contribution in [0.5, 0.6) is 5.75 Å². The van der Waals surface area contributed by atoms with Crippen LogP contribution in [0.4, 0.5) is 5.88 Å². The van der Waals surface area contributed by atoms with Crippen molar-refractivity contribution in [2.45, 2.75) is 0 Å².